The number of alkyl carbamates (subject to hydrolysis) is 1. The normalized spacial score (nSPS) is 10.2. The number of nitrogens with one attached hydrogen (secondary N) is 1. The molecule has 0 saturated carbocycles. The van der Waals surface area contributed by atoms with Crippen LogP contribution in [-0.4, -0.2) is 23.7 Å². The Balaban J connectivity index is 2.35. The van der Waals surface area contributed by atoms with E-state index in [1.54, 1.807) is 26.0 Å². The minimum Gasteiger partial charge on any atom is -0.447 e. The number of carbonyl (C=O) groups is 1. The van der Waals surface area contributed by atoms with Crippen molar-refractivity contribution in [3.8, 4) is 0 Å². The van der Waals surface area contributed by atoms with Crippen molar-refractivity contribution in [2.24, 2.45) is 0 Å². The number of hydrogen-bond donors (Lipinski definition) is 1. The second kappa shape index (κ2) is 6.58. The van der Waals surface area contributed by atoms with Crippen LogP contribution in [0.2, 0.25) is 0 Å². The fourth-order valence-corrected chi connectivity index (χ4v) is 1.35. The van der Waals surface area contributed by atoms with Gasteiger partial charge in [0.05, 0.1) is 11.0 Å². The zero-order valence-corrected chi connectivity index (χ0v) is 10.4. The molecule has 1 aromatic carbocycles. The SMILES string of the molecule is CC(C)OC(=O)NCCc1ccc([N+](=O)[O-])cc1. The van der Waals surface area contributed by atoms with Gasteiger partial charge in [0, 0.05) is 18.7 Å². The van der Waals surface area contributed by atoms with E-state index in [9.17, 15) is 14.9 Å². The molecule has 1 rings (SSSR count). The second-order valence-corrected chi connectivity index (χ2v) is 4.05. The largest absolute Gasteiger partial charge is 0.447 e. The summed E-state index contributed by atoms with van der Waals surface area (Å²) < 4.78 is 4.90. The Morgan fingerprint density at radius 1 is 1.39 bits per heavy atom. The maximum atomic E-state index is 11.2. The van der Waals surface area contributed by atoms with Crippen molar-refractivity contribution in [3.63, 3.8) is 0 Å². The minimum absolute atomic E-state index is 0.0610. The van der Waals surface area contributed by atoms with Gasteiger partial charge in [-0.05, 0) is 25.8 Å². The third-order valence-corrected chi connectivity index (χ3v) is 2.17. The molecule has 18 heavy (non-hydrogen) atoms. The number of nitrogens with zero attached hydrogens (tertiary/aromatic N) is 1. The number of carbonyl (C=O) groups excluding carboxylic acids is 1. The molecule has 6 heteroatoms. The van der Waals surface area contributed by atoms with Crippen molar-refractivity contribution >= 4 is 11.8 Å². The average Bonchev–Trinajstić information content (AvgIpc) is 2.28. The highest BCUT2D eigenvalue weighted by atomic mass is 16.6. The van der Waals surface area contributed by atoms with E-state index in [2.05, 4.69) is 5.32 Å². The summed E-state index contributed by atoms with van der Waals surface area (Å²) in [6, 6.07) is 6.24. The molecule has 0 aromatic heterocycles. The zero-order chi connectivity index (χ0) is 13.5. The van der Waals surface area contributed by atoms with Gasteiger partial charge in [0.1, 0.15) is 0 Å². The molecule has 0 radical (unpaired) electrons. The molecule has 0 fully saturated rings. The molecule has 0 aliphatic carbocycles. The van der Waals surface area contributed by atoms with Gasteiger partial charge in [-0.2, -0.15) is 0 Å². The van der Waals surface area contributed by atoms with E-state index in [4.69, 9.17) is 4.74 Å². The van der Waals surface area contributed by atoms with Gasteiger partial charge in [0.15, 0.2) is 0 Å². The topological polar surface area (TPSA) is 81.5 Å². The summed E-state index contributed by atoms with van der Waals surface area (Å²) in [6.45, 7) is 3.98. The lowest BCUT2D eigenvalue weighted by Gasteiger charge is -2.09. The Morgan fingerprint density at radius 2 is 2.00 bits per heavy atom. The maximum Gasteiger partial charge on any atom is 0.407 e. The van der Waals surface area contributed by atoms with E-state index in [1.165, 1.54) is 12.1 Å². The monoisotopic (exact) mass is 252 g/mol. The molecule has 0 atom stereocenters. The fourth-order valence-electron chi connectivity index (χ4n) is 1.35. The Morgan fingerprint density at radius 3 is 2.50 bits per heavy atom. The summed E-state index contributed by atoms with van der Waals surface area (Å²) in [5.41, 5.74) is 0.983. The van der Waals surface area contributed by atoms with Crippen LogP contribution < -0.4 is 5.32 Å². The molecular weight excluding hydrogens is 236 g/mol. The molecule has 1 aromatic rings. The molecule has 0 aliphatic heterocycles. The van der Waals surface area contributed by atoms with Crippen molar-refractivity contribution in [1.29, 1.82) is 0 Å². The van der Waals surface area contributed by atoms with E-state index >= 15 is 0 Å². The number of rotatable bonds is 5. The van der Waals surface area contributed by atoms with Gasteiger partial charge in [0.25, 0.3) is 5.69 Å². The van der Waals surface area contributed by atoms with Crippen LogP contribution in [0.4, 0.5) is 10.5 Å². The van der Waals surface area contributed by atoms with Gasteiger partial charge in [-0.3, -0.25) is 10.1 Å². The lowest BCUT2D eigenvalue weighted by Crippen LogP contribution is -2.28. The van der Waals surface area contributed by atoms with E-state index in [0.29, 0.717) is 13.0 Å². The van der Waals surface area contributed by atoms with Crippen LogP contribution in [0.25, 0.3) is 0 Å². The van der Waals surface area contributed by atoms with E-state index in [1.807, 2.05) is 0 Å². The maximum absolute atomic E-state index is 11.2. The number of ether oxygens (including phenoxy) is 1. The first-order valence-corrected chi connectivity index (χ1v) is 5.67. The fraction of sp³-hybridized carbons (Fsp3) is 0.417. The summed E-state index contributed by atoms with van der Waals surface area (Å²) >= 11 is 0. The predicted octanol–water partition coefficient (Wildman–Crippen LogP) is 2.27. The van der Waals surface area contributed by atoms with Crippen molar-refractivity contribution in [3.05, 3.63) is 39.9 Å². The molecule has 1 N–H and O–H groups in total. The van der Waals surface area contributed by atoms with Crippen LogP contribution in [0.3, 0.4) is 0 Å². The van der Waals surface area contributed by atoms with Gasteiger partial charge in [-0.25, -0.2) is 4.79 Å². The van der Waals surface area contributed by atoms with Crippen molar-refractivity contribution in [2.45, 2.75) is 26.4 Å². The molecule has 1 amide bonds. The van der Waals surface area contributed by atoms with Crippen LogP contribution in [0.1, 0.15) is 19.4 Å². The lowest BCUT2D eigenvalue weighted by atomic mass is 10.1. The standard InChI is InChI=1S/C12H16N2O4/c1-9(2)18-12(15)13-8-7-10-3-5-11(6-4-10)14(16)17/h3-6,9H,7-8H2,1-2H3,(H,13,15). The first kappa shape index (κ1) is 14.0. The lowest BCUT2D eigenvalue weighted by molar-refractivity contribution is -0.384. The number of nitro benzene ring substituents is 1. The van der Waals surface area contributed by atoms with E-state index in [-0.39, 0.29) is 11.8 Å². The van der Waals surface area contributed by atoms with Gasteiger partial charge in [-0.1, -0.05) is 12.1 Å². The molecule has 0 saturated heterocycles. The number of amides is 1. The minimum atomic E-state index is -0.452. The summed E-state index contributed by atoms with van der Waals surface area (Å²) in [6.07, 6.45) is 0.00171. The Bertz CT molecular complexity index is 415. The zero-order valence-electron chi connectivity index (χ0n) is 10.4. The predicted molar refractivity (Wildman–Crippen MR) is 66.4 cm³/mol. The molecule has 0 bridgehead atoms. The number of non-ortho nitro benzene ring substituents is 1. The Hall–Kier alpha value is -2.11. The van der Waals surface area contributed by atoms with Gasteiger partial charge in [0.2, 0.25) is 0 Å². The number of nitro groups is 1. The molecule has 0 aliphatic rings. The van der Waals surface area contributed by atoms with Crippen molar-refractivity contribution in [2.75, 3.05) is 6.54 Å². The Kier molecular flexibility index (Phi) is 5.10. The van der Waals surface area contributed by atoms with E-state index in [0.717, 1.165) is 5.56 Å². The van der Waals surface area contributed by atoms with Crippen molar-refractivity contribution < 1.29 is 14.5 Å². The van der Waals surface area contributed by atoms with Crippen LogP contribution in [-0.2, 0) is 11.2 Å². The van der Waals surface area contributed by atoms with E-state index < -0.39 is 11.0 Å². The quantitative estimate of drug-likeness (QED) is 0.643. The number of benzene rings is 1. The van der Waals surface area contributed by atoms with Gasteiger partial charge in [-0.15, -0.1) is 0 Å². The molecule has 6 nitrogen and oxygen atoms in total. The first-order valence-electron chi connectivity index (χ1n) is 5.67. The summed E-state index contributed by atoms with van der Waals surface area (Å²) in [4.78, 5) is 21.2. The molecule has 0 heterocycles. The van der Waals surface area contributed by atoms with Crippen LogP contribution in [0.15, 0.2) is 24.3 Å². The Labute approximate surface area is 105 Å². The third kappa shape index (κ3) is 4.82. The first-order chi connectivity index (χ1) is 8.49. The highest BCUT2D eigenvalue weighted by molar-refractivity contribution is 5.67. The van der Waals surface area contributed by atoms with Crippen LogP contribution in [0.5, 0.6) is 0 Å². The summed E-state index contributed by atoms with van der Waals surface area (Å²) in [5, 5.41) is 13.1. The summed E-state index contributed by atoms with van der Waals surface area (Å²) in [5.74, 6) is 0. The van der Waals surface area contributed by atoms with Crippen LogP contribution >= 0.6 is 0 Å². The smallest absolute Gasteiger partial charge is 0.407 e. The highest BCUT2D eigenvalue weighted by Crippen LogP contribution is 2.11. The molecule has 0 unspecified atom stereocenters. The second-order valence-electron chi connectivity index (χ2n) is 4.05. The molecule has 98 valence electrons. The molecular formula is C12H16N2O4. The highest BCUT2D eigenvalue weighted by Gasteiger charge is 2.05. The van der Waals surface area contributed by atoms with Crippen LogP contribution in [0, 0.1) is 10.1 Å². The number of hydrogen-bond acceptors (Lipinski definition) is 4. The van der Waals surface area contributed by atoms with Crippen molar-refractivity contribution in [1.82, 2.24) is 5.32 Å². The van der Waals surface area contributed by atoms with Gasteiger partial charge >= 0.3 is 6.09 Å². The third-order valence-electron chi connectivity index (χ3n) is 2.17. The molecule has 0 spiro atoms. The summed E-state index contributed by atoms with van der Waals surface area (Å²) in [7, 11) is 0. The van der Waals surface area contributed by atoms with Gasteiger partial charge < -0.3 is 10.1 Å². The average molecular weight is 252 g/mol.